The van der Waals surface area contributed by atoms with Crippen LogP contribution in [-0.2, 0) is 0 Å². The molecule has 0 saturated heterocycles. The second-order valence-electron chi connectivity index (χ2n) is 4.77. The molecule has 0 aliphatic heterocycles. The summed E-state index contributed by atoms with van der Waals surface area (Å²) in [5, 5.41) is 13.7. The number of ether oxygens (including phenoxy) is 2. The number of rotatable bonds is 5. The Balaban J connectivity index is 2.43. The number of nitrogens with one attached hydrogen (secondary N) is 1. The fraction of sp³-hybridized carbons (Fsp3) is 0.188. The molecular weight excluding hydrogens is 300 g/mol. The number of carbonyl (C=O) groups excluding carboxylic acids is 1. The second-order valence-corrected chi connectivity index (χ2v) is 4.77. The highest BCUT2D eigenvalue weighted by molar-refractivity contribution is 6.09. The van der Waals surface area contributed by atoms with Gasteiger partial charge in [-0.25, -0.2) is 0 Å². The van der Waals surface area contributed by atoms with Crippen LogP contribution in [-0.4, -0.2) is 25.1 Å². The number of hydrogen-bond donors (Lipinski definition) is 1. The van der Waals surface area contributed by atoms with Crippen LogP contribution in [0.15, 0.2) is 36.4 Å². The minimum absolute atomic E-state index is 0.110. The summed E-state index contributed by atoms with van der Waals surface area (Å²) in [6.07, 6.45) is 0. The molecule has 0 aliphatic carbocycles. The van der Waals surface area contributed by atoms with Crippen molar-refractivity contribution < 1.29 is 19.2 Å². The van der Waals surface area contributed by atoms with E-state index in [1.165, 1.54) is 26.4 Å². The molecule has 120 valence electrons. The maximum Gasteiger partial charge on any atom is 0.293 e. The fourth-order valence-corrected chi connectivity index (χ4v) is 2.16. The molecule has 0 unspecified atom stereocenters. The van der Waals surface area contributed by atoms with E-state index in [-0.39, 0.29) is 16.9 Å². The van der Waals surface area contributed by atoms with Gasteiger partial charge in [0.2, 0.25) is 0 Å². The van der Waals surface area contributed by atoms with E-state index in [0.29, 0.717) is 11.5 Å². The smallest absolute Gasteiger partial charge is 0.293 e. The van der Waals surface area contributed by atoms with Crippen LogP contribution in [0.3, 0.4) is 0 Å². The average Bonchev–Trinajstić information content (AvgIpc) is 2.55. The molecule has 7 heteroatoms. The zero-order valence-electron chi connectivity index (χ0n) is 13.0. The van der Waals surface area contributed by atoms with Crippen LogP contribution in [0, 0.1) is 17.0 Å². The number of benzene rings is 2. The number of hydrogen-bond acceptors (Lipinski definition) is 5. The van der Waals surface area contributed by atoms with E-state index in [4.69, 9.17) is 9.47 Å². The monoisotopic (exact) mass is 316 g/mol. The van der Waals surface area contributed by atoms with Gasteiger partial charge in [-0.3, -0.25) is 14.9 Å². The van der Waals surface area contributed by atoms with Crippen molar-refractivity contribution in [3.63, 3.8) is 0 Å². The third-order valence-corrected chi connectivity index (χ3v) is 3.25. The molecule has 0 radical (unpaired) electrons. The Labute approximate surface area is 133 Å². The maximum atomic E-state index is 12.5. The second kappa shape index (κ2) is 6.78. The van der Waals surface area contributed by atoms with E-state index in [9.17, 15) is 14.9 Å². The first kappa shape index (κ1) is 16.3. The van der Waals surface area contributed by atoms with Gasteiger partial charge in [-0.15, -0.1) is 0 Å². The summed E-state index contributed by atoms with van der Waals surface area (Å²) in [4.78, 5) is 23.1. The van der Waals surface area contributed by atoms with Gasteiger partial charge in [-0.2, -0.15) is 0 Å². The number of nitrogens with zero attached hydrogens (tertiary/aromatic N) is 1. The predicted molar refractivity (Wildman–Crippen MR) is 85.3 cm³/mol. The van der Waals surface area contributed by atoms with Crippen LogP contribution in [0.25, 0.3) is 0 Å². The quantitative estimate of drug-likeness (QED) is 0.676. The van der Waals surface area contributed by atoms with Gasteiger partial charge in [0.15, 0.2) is 0 Å². The minimum atomic E-state index is -0.550. The fourth-order valence-electron chi connectivity index (χ4n) is 2.16. The summed E-state index contributed by atoms with van der Waals surface area (Å²) < 4.78 is 10.3. The van der Waals surface area contributed by atoms with E-state index in [2.05, 4.69) is 5.32 Å². The third kappa shape index (κ3) is 3.39. The SMILES string of the molecule is COc1cccc(OC)c1C(=O)Nc1ccc(C)cc1[N+](=O)[O-]. The zero-order valence-corrected chi connectivity index (χ0v) is 13.0. The van der Waals surface area contributed by atoms with Gasteiger partial charge in [0.1, 0.15) is 22.7 Å². The first-order valence-electron chi connectivity index (χ1n) is 6.75. The molecule has 0 aliphatic rings. The van der Waals surface area contributed by atoms with Gasteiger partial charge < -0.3 is 14.8 Å². The summed E-state index contributed by atoms with van der Waals surface area (Å²) in [6.45, 7) is 1.74. The molecule has 0 saturated carbocycles. The lowest BCUT2D eigenvalue weighted by Crippen LogP contribution is -2.15. The van der Waals surface area contributed by atoms with Gasteiger partial charge in [0, 0.05) is 6.07 Å². The lowest BCUT2D eigenvalue weighted by Gasteiger charge is -2.13. The molecule has 2 aromatic rings. The molecule has 2 rings (SSSR count). The van der Waals surface area contributed by atoms with Gasteiger partial charge >= 0.3 is 0 Å². The van der Waals surface area contributed by atoms with E-state index < -0.39 is 10.8 Å². The van der Waals surface area contributed by atoms with Crippen molar-refractivity contribution >= 4 is 17.3 Å². The molecule has 0 fully saturated rings. The first-order valence-corrected chi connectivity index (χ1v) is 6.75. The van der Waals surface area contributed by atoms with Crippen molar-refractivity contribution in [3.8, 4) is 11.5 Å². The summed E-state index contributed by atoms with van der Waals surface area (Å²) in [6, 6.07) is 9.48. The lowest BCUT2D eigenvalue weighted by molar-refractivity contribution is -0.384. The average molecular weight is 316 g/mol. The van der Waals surface area contributed by atoms with Crippen LogP contribution in [0.2, 0.25) is 0 Å². The number of aryl methyl sites for hydroxylation is 1. The number of anilines is 1. The van der Waals surface area contributed by atoms with Crippen LogP contribution in [0.1, 0.15) is 15.9 Å². The zero-order chi connectivity index (χ0) is 17.0. The highest BCUT2D eigenvalue weighted by atomic mass is 16.6. The third-order valence-electron chi connectivity index (χ3n) is 3.25. The molecule has 0 aromatic heterocycles. The van der Waals surface area contributed by atoms with Crippen molar-refractivity contribution in [1.29, 1.82) is 0 Å². The van der Waals surface area contributed by atoms with Gasteiger partial charge in [-0.05, 0) is 30.7 Å². The van der Waals surface area contributed by atoms with Crippen molar-refractivity contribution in [2.24, 2.45) is 0 Å². The standard InChI is InChI=1S/C16H16N2O5/c1-10-7-8-11(12(9-10)18(20)21)17-16(19)15-13(22-2)5-4-6-14(15)23-3/h4-9H,1-3H3,(H,17,19). The van der Waals surface area contributed by atoms with Crippen molar-refractivity contribution in [1.82, 2.24) is 0 Å². The van der Waals surface area contributed by atoms with Gasteiger partial charge in [0.05, 0.1) is 19.1 Å². The summed E-state index contributed by atoms with van der Waals surface area (Å²) >= 11 is 0. The Hall–Kier alpha value is -3.09. The van der Waals surface area contributed by atoms with Crippen molar-refractivity contribution in [2.45, 2.75) is 6.92 Å². The Kier molecular flexibility index (Phi) is 4.80. The molecule has 0 bridgehead atoms. The normalized spacial score (nSPS) is 10.0. The van der Waals surface area contributed by atoms with Crippen molar-refractivity contribution in [2.75, 3.05) is 19.5 Å². The summed E-state index contributed by atoms with van der Waals surface area (Å²) in [5.74, 6) is 0.0829. The van der Waals surface area contributed by atoms with E-state index in [1.54, 1.807) is 31.2 Å². The van der Waals surface area contributed by atoms with Crippen LogP contribution in [0.5, 0.6) is 11.5 Å². The maximum absolute atomic E-state index is 12.5. The van der Waals surface area contributed by atoms with E-state index in [1.807, 2.05) is 0 Å². The molecule has 23 heavy (non-hydrogen) atoms. The molecule has 0 atom stereocenters. The van der Waals surface area contributed by atoms with Crippen molar-refractivity contribution in [3.05, 3.63) is 57.6 Å². The molecule has 0 spiro atoms. The van der Waals surface area contributed by atoms with Crippen LogP contribution >= 0.6 is 0 Å². The minimum Gasteiger partial charge on any atom is -0.496 e. The molecular formula is C16H16N2O5. The van der Waals surface area contributed by atoms with Crippen LogP contribution in [0.4, 0.5) is 11.4 Å². The molecule has 1 amide bonds. The van der Waals surface area contributed by atoms with Gasteiger partial charge in [-0.1, -0.05) is 12.1 Å². The highest BCUT2D eigenvalue weighted by Crippen LogP contribution is 2.31. The summed E-state index contributed by atoms with van der Waals surface area (Å²) in [7, 11) is 2.86. The topological polar surface area (TPSA) is 90.7 Å². The lowest BCUT2D eigenvalue weighted by atomic mass is 10.1. The number of nitro benzene ring substituents is 1. The molecule has 0 heterocycles. The Morgan fingerprint density at radius 3 is 2.26 bits per heavy atom. The van der Waals surface area contributed by atoms with Crippen LogP contribution < -0.4 is 14.8 Å². The first-order chi connectivity index (χ1) is 11.0. The molecule has 7 nitrogen and oxygen atoms in total. The number of nitro groups is 1. The van der Waals surface area contributed by atoms with E-state index >= 15 is 0 Å². The molecule has 2 aromatic carbocycles. The highest BCUT2D eigenvalue weighted by Gasteiger charge is 2.22. The summed E-state index contributed by atoms with van der Waals surface area (Å²) in [5.41, 5.74) is 0.836. The van der Waals surface area contributed by atoms with Gasteiger partial charge in [0.25, 0.3) is 11.6 Å². The number of carbonyl (C=O) groups is 1. The number of methoxy groups -OCH3 is 2. The Bertz CT molecular complexity index is 736. The predicted octanol–water partition coefficient (Wildman–Crippen LogP) is 3.17. The number of amides is 1. The Morgan fingerprint density at radius 1 is 1.13 bits per heavy atom. The largest absolute Gasteiger partial charge is 0.496 e. The Morgan fingerprint density at radius 2 is 1.74 bits per heavy atom. The molecule has 1 N–H and O–H groups in total. The van der Waals surface area contributed by atoms with E-state index in [0.717, 1.165) is 5.56 Å².